The fourth-order valence-corrected chi connectivity index (χ4v) is 2.22. The van der Waals surface area contributed by atoms with Gasteiger partial charge in [0.05, 0.1) is 5.52 Å². The number of nitrogens with zero attached hydrogens (tertiary/aromatic N) is 3. The molecule has 0 spiro atoms. The van der Waals surface area contributed by atoms with Crippen molar-refractivity contribution in [2.45, 2.75) is 6.54 Å². The van der Waals surface area contributed by atoms with Gasteiger partial charge in [0.1, 0.15) is 11.8 Å². The minimum absolute atomic E-state index is 0.438. The normalized spacial score (nSPS) is 10.5. The van der Waals surface area contributed by atoms with Gasteiger partial charge in [-0.2, -0.15) is 5.26 Å². The van der Waals surface area contributed by atoms with Crippen LogP contribution in [0.25, 0.3) is 10.9 Å². The van der Waals surface area contributed by atoms with Gasteiger partial charge in [-0.3, -0.25) is 0 Å². The Morgan fingerprint density at radius 1 is 1.26 bits per heavy atom. The first-order valence-electron chi connectivity index (χ1n) is 5.96. The highest BCUT2D eigenvalue weighted by Crippen LogP contribution is 2.22. The van der Waals surface area contributed by atoms with E-state index in [-0.39, 0.29) is 0 Å². The molecule has 0 amide bonds. The lowest BCUT2D eigenvalue weighted by molar-refractivity contribution is 0.834. The zero-order valence-corrected chi connectivity index (χ0v) is 10.2. The predicted molar refractivity (Wildman–Crippen MR) is 74.4 cm³/mol. The van der Waals surface area contributed by atoms with E-state index < -0.39 is 0 Å². The maximum Gasteiger partial charge on any atom is 0.140 e. The summed E-state index contributed by atoms with van der Waals surface area (Å²) in [5, 5.41) is 9.91. The summed E-state index contributed by atoms with van der Waals surface area (Å²) >= 11 is 0. The smallest absolute Gasteiger partial charge is 0.140 e. The second-order valence-electron chi connectivity index (χ2n) is 4.38. The molecule has 2 heterocycles. The van der Waals surface area contributed by atoms with Crippen molar-refractivity contribution >= 4 is 16.6 Å². The van der Waals surface area contributed by atoms with Crippen LogP contribution >= 0.6 is 0 Å². The summed E-state index contributed by atoms with van der Waals surface area (Å²) in [6, 6.07) is 13.7. The third-order valence-electron chi connectivity index (χ3n) is 3.14. The molecule has 0 aliphatic heterocycles. The van der Waals surface area contributed by atoms with Crippen molar-refractivity contribution in [3.63, 3.8) is 0 Å². The molecule has 4 heteroatoms. The maximum atomic E-state index is 8.86. The highest BCUT2D eigenvalue weighted by Gasteiger charge is 2.04. The first-order chi connectivity index (χ1) is 9.28. The Labute approximate surface area is 110 Å². The molecule has 0 aliphatic carbocycles. The molecule has 4 nitrogen and oxygen atoms in total. The molecule has 0 radical (unpaired) electrons. The lowest BCUT2D eigenvalue weighted by Gasteiger charge is -2.06. The van der Waals surface area contributed by atoms with Crippen LogP contribution in [0.4, 0.5) is 5.69 Å². The molecule has 0 aliphatic rings. The number of rotatable bonds is 2. The molecule has 0 fully saturated rings. The van der Waals surface area contributed by atoms with Crippen molar-refractivity contribution in [2.75, 3.05) is 5.73 Å². The number of hydrogen-bond donors (Lipinski definition) is 1. The minimum Gasteiger partial charge on any atom is -0.398 e. The lowest BCUT2D eigenvalue weighted by Crippen LogP contribution is -1.99. The predicted octanol–water partition coefficient (Wildman–Crippen LogP) is 2.54. The fourth-order valence-electron chi connectivity index (χ4n) is 2.22. The van der Waals surface area contributed by atoms with Crippen LogP contribution in [-0.4, -0.2) is 9.55 Å². The van der Waals surface area contributed by atoms with Gasteiger partial charge in [-0.25, -0.2) is 4.98 Å². The molecule has 0 saturated heterocycles. The molecule has 2 N–H and O–H groups in total. The van der Waals surface area contributed by atoms with Crippen LogP contribution in [0.2, 0.25) is 0 Å². The van der Waals surface area contributed by atoms with Crippen LogP contribution in [-0.2, 0) is 6.54 Å². The summed E-state index contributed by atoms with van der Waals surface area (Å²) in [6.07, 6.45) is 3.67. The van der Waals surface area contributed by atoms with Gasteiger partial charge in [0.25, 0.3) is 0 Å². The number of nitrogens with two attached hydrogens (primary N) is 1. The second-order valence-corrected chi connectivity index (χ2v) is 4.38. The van der Waals surface area contributed by atoms with Crippen molar-refractivity contribution in [2.24, 2.45) is 0 Å². The Morgan fingerprint density at radius 2 is 2.16 bits per heavy atom. The van der Waals surface area contributed by atoms with Gasteiger partial charge < -0.3 is 10.3 Å². The van der Waals surface area contributed by atoms with Gasteiger partial charge in [-0.1, -0.05) is 6.07 Å². The van der Waals surface area contributed by atoms with E-state index in [0.29, 0.717) is 12.2 Å². The van der Waals surface area contributed by atoms with Crippen molar-refractivity contribution in [3.05, 3.63) is 60.0 Å². The number of pyridine rings is 1. The van der Waals surface area contributed by atoms with Crippen molar-refractivity contribution in [1.29, 1.82) is 5.26 Å². The van der Waals surface area contributed by atoms with Crippen LogP contribution in [0.15, 0.2) is 48.8 Å². The number of hydrogen-bond acceptors (Lipinski definition) is 3. The summed E-state index contributed by atoms with van der Waals surface area (Å²) in [5.74, 6) is 0. The average molecular weight is 248 g/mol. The van der Waals surface area contributed by atoms with Crippen LogP contribution in [0.1, 0.15) is 11.3 Å². The van der Waals surface area contributed by atoms with E-state index in [9.17, 15) is 0 Å². The van der Waals surface area contributed by atoms with Crippen LogP contribution in [0.5, 0.6) is 0 Å². The molecule has 1 aromatic carbocycles. The van der Waals surface area contributed by atoms with Gasteiger partial charge in [0.15, 0.2) is 0 Å². The number of nitriles is 1. The molecular formula is C15H12N4. The Balaban J connectivity index is 2.02. The minimum atomic E-state index is 0.438. The molecule has 92 valence electrons. The zero-order chi connectivity index (χ0) is 13.2. The summed E-state index contributed by atoms with van der Waals surface area (Å²) in [5.41, 5.74) is 9.30. The van der Waals surface area contributed by atoms with E-state index in [4.69, 9.17) is 11.0 Å². The van der Waals surface area contributed by atoms with E-state index in [2.05, 4.69) is 15.6 Å². The van der Waals surface area contributed by atoms with Gasteiger partial charge >= 0.3 is 0 Å². The third-order valence-corrected chi connectivity index (χ3v) is 3.14. The SMILES string of the molecule is N#Cc1cc(Cn2ccc3c(N)cccc32)ccn1. The number of aromatic nitrogens is 2. The molecule has 0 saturated carbocycles. The first-order valence-corrected chi connectivity index (χ1v) is 5.96. The third kappa shape index (κ3) is 2.02. The van der Waals surface area contributed by atoms with Crippen molar-refractivity contribution < 1.29 is 0 Å². The highest BCUT2D eigenvalue weighted by molar-refractivity contribution is 5.91. The number of nitrogen functional groups attached to an aromatic ring is 1. The largest absolute Gasteiger partial charge is 0.398 e. The van der Waals surface area contributed by atoms with Crippen LogP contribution < -0.4 is 5.73 Å². The Hall–Kier alpha value is -2.80. The Bertz CT molecular complexity index is 780. The molecule has 3 rings (SSSR count). The van der Waals surface area contributed by atoms with Gasteiger partial charge in [-0.05, 0) is 35.9 Å². The van der Waals surface area contributed by atoms with Crippen LogP contribution in [0, 0.1) is 11.3 Å². The van der Waals surface area contributed by atoms with Crippen LogP contribution in [0.3, 0.4) is 0 Å². The lowest BCUT2D eigenvalue weighted by atomic mass is 10.2. The number of fused-ring (bicyclic) bond motifs is 1. The first kappa shape index (κ1) is 11.3. The molecular weight excluding hydrogens is 236 g/mol. The summed E-state index contributed by atoms with van der Waals surface area (Å²) in [4.78, 5) is 3.97. The fraction of sp³-hybridized carbons (Fsp3) is 0.0667. The summed E-state index contributed by atoms with van der Waals surface area (Å²) < 4.78 is 2.11. The number of benzene rings is 1. The monoisotopic (exact) mass is 248 g/mol. The molecule has 0 bridgehead atoms. The maximum absolute atomic E-state index is 8.86. The highest BCUT2D eigenvalue weighted by atomic mass is 15.0. The quantitative estimate of drug-likeness (QED) is 0.708. The van der Waals surface area contributed by atoms with Crippen molar-refractivity contribution in [1.82, 2.24) is 9.55 Å². The average Bonchev–Trinajstić information content (AvgIpc) is 2.84. The summed E-state index contributed by atoms with van der Waals surface area (Å²) in [7, 11) is 0. The van der Waals surface area contributed by atoms with Gasteiger partial charge in [-0.15, -0.1) is 0 Å². The van der Waals surface area contributed by atoms with E-state index in [1.165, 1.54) is 0 Å². The molecule has 0 unspecified atom stereocenters. The zero-order valence-electron chi connectivity index (χ0n) is 10.2. The van der Waals surface area contributed by atoms with Crippen molar-refractivity contribution in [3.8, 4) is 6.07 Å². The van der Waals surface area contributed by atoms with Gasteiger partial charge in [0.2, 0.25) is 0 Å². The summed E-state index contributed by atoms with van der Waals surface area (Å²) in [6.45, 7) is 0.699. The van der Waals surface area contributed by atoms with E-state index in [1.807, 2.05) is 36.5 Å². The standard InChI is InChI=1S/C15H12N4/c16-9-12-8-11(4-6-18-12)10-19-7-5-13-14(17)2-1-3-15(13)19/h1-8H,10,17H2. The Morgan fingerprint density at radius 3 is 3.00 bits per heavy atom. The Kier molecular flexibility index (Phi) is 2.66. The topological polar surface area (TPSA) is 67.6 Å². The van der Waals surface area contributed by atoms with Gasteiger partial charge in [0, 0.05) is 30.0 Å². The second kappa shape index (κ2) is 4.46. The molecule has 19 heavy (non-hydrogen) atoms. The molecule has 0 atom stereocenters. The van der Waals surface area contributed by atoms with E-state index in [1.54, 1.807) is 12.3 Å². The van der Waals surface area contributed by atoms with E-state index in [0.717, 1.165) is 22.2 Å². The molecule has 3 aromatic rings. The number of anilines is 1. The van der Waals surface area contributed by atoms with E-state index >= 15 is 0 Å². The molecule has 2 aromatic heterocycles.